The third-order valence-corrected chi connectivity index (χ3v) is 7.22. The van der Waals surface area contributed by atoms with Gasteiger partial charge in [-0.15, -0.1) is 11.3 Å². The molecule has 0 saturated carbocycles. The molecule has 6 nitrogen and oxygen atoms in total. The summed E-state index contributed by atoms with van der Waals surface area (Å²) in [6.45, 7) is 6.59. The molecule has 8 heteroatoms. The molecule has 5 N–H and O–H groups in total. The zero-order valence-electron chi connectivity index (χ0n) is 17.8. The molecule has 0 saturated heterocycles. The van der Waals surface area contributed by atoms with Gasteiger partial charge in [-0.1, -0.05) is 43.9 Å². The Bertz CT molecular complexity index is 1060. The van der Waals surface area contributed by atoms with Crippen molar-refractivity contribution < 1.29 is 14.3 Å². The lowest BCUT2D eigenvalue weighted by Crippen LogP contribution is -2.27. The maximum atomic E-state index is 12.8. The van der Waals surface area contributed by atoms with Gasteiger partial charge in [0.1, 0.15) is 6.10 Å². The zero-order valence-corrected chi connectivity index (χ0v) is 19.7. The molecule has 1 unspecified atom stereocenters. The molecule has 0 fully saturated rings. The average Bonchev–Trinajstić information content (AvgIpc) is 3.22. The van der Waals surface area contributed by atoms with Crippen LogP contribution in [0.3, 0.4) is 0 Å². The highest BCUT2D eigenvalue weighted by molar-refractivity contribution is 7.13. The Morgan fingerprint density at radius 3 is 2.39 bits per heavy atom. The van der Waals surface area contributed by atoms with Gasteiger partial charge in [0, 0.05) is 18.5 Å². The van der Waals surface area contributed by atoms with Crippen LogP contribution in [-0.2, 0) is 4.74 Å². The number of primary amides is 1. The van der Waals surface area contributed by atoms with E-state index in [-0.39, 0.29) is 5.91 Å². The molecular weight excluding hydrogens is 426 g/mol. The normalized spacial score (nSPS) is 12.2. The van der Waals surface area contributed by atoms with Gasteiger partial charge in [0.2, 0.25) is 0 Å². The van der Waals surface area contributed by atoms with E-state index in [2.05, 4.69) is 25.0 Å². The fourth-order valence-electron chi connectivity index (χ4n) is 3.23. The fraction of sp³-hybridized carbons (Fsp3) is 0.217. The predicted molar refractivity (Wildman–Crippen MR) is 130 cm³/mol. The molecule has 2 aromatic carbocycles. The highest BCUT2D eigenvalue weighted by Crippen LogP contribution is 2.31. The summed E-state index contributed by atoms with van der Waals surface area (Å²) in [5, 5.41) is 4.89. The molecule has 1 heterocycles. The van der Waals surface area contributed by atoms with Crippen molar-refractivity contribution in [3.05, 3.63) is 71.1 Å². The summed E-state index contributed by atoms with van der Waals surface area (Å²) in [6.07, 6.45) is -1.22. The fourth-order valence-corrected chi connectivity index (χ4v) is 5.38. The quantitative estimate of drug-likeness (QED) is 0.314. The SMILES string of the molecule is C[Si](C)(C)CC(OC(N)=O)c1ccc(C(=O)Nc2cc(-c3cccs3)ccc2N)cc1. The Morgan fingerprint density at radius 1 is 1.10 bits per heavy atom. The predicted octanol–water partition coefficient (Wildman–Crippen LogP) is 5.72. The van der Waals surface area contributed by atoms with Crippen LogP contribution in [0.1, 0.15) is 22.0 Å². The van der Waals surface area contributed by atoms with Crippen molar-refractivity contribution in [3.63, 3.8) is 0 Å². The number of thiophene rings is 1. The number of carbonyl (C=O) groups is 2. The maximum Gasteiger partial charge on any atom is 0.405 e. The molecular formula is C23H27N3O3SSi. The number of amides is 2. The van der Waals surface area contributed by atoms with E-state index in [0.717, 1.165) is 22.0 Å². The van der Waals surface area contributed by atoms with Crippen molar-refractivity contribution in [1.82, 2.24) is 0 Å². The van der Waals surface area contributed by atoms with E-state index in [4.69, 9.17) is 16.2 Å². The first-order chi connectivity index (χ1) is 14.6. The molecule has 0 radical (unpaired) electrons. The molecule has 2 amide bonds. The Balaban J connectivity index is 1.77. The average molecular weight is 454 g/mol. The van der Waals surface area contributed by atoms with Gasteiger partial charge in [0.15, 0.2) is 0 Å². The summed E-state index contributed by atoms with van der Waals surface area (Å²) < 4.78 is 5.33. The minimum atomic E-state index is -1.52. The van der Waals surface area contributed by atoms with E-state index in [9.17, 15) is 9.59 Å². The van der Waals surface area contributed by atoms with E-state index in [1.165, 1.54) is 0 Å². The highest BCUT2D eigenvalue weighted by atomic mass is 32.1. The van der Waals surface area contributed by atoms with Gasteiger partial charge in [0.05, 0.1) is 11.4 Å². The number of rotatable bonds is 7. The number of nitrogen functional groups attached to an aromatic ring is 1. The van der Waals surface area contributed by atoms with Crippen molar-refractivity contribution in [2.45, 2.75) is 31.8 Å². The van der Waals surface area contributed by atoms with Crippen molar-refractivity contribution in [3.8, 4) is 10.4 Å². The third-order valence-electron chi connectivity index (χ3n) is 4.71. The second kappa shape index (κ2) is 9.36. The molecule has 162 valence electrons. The van der Waals surface area contributed by atoms with Crippen LogP contribution in [0.25, 0.3) is 10.4 Å². The summed E-state index contributed by atoms with van der Waals surface area (Å²) in [5.41, 5.74) is 14.7. The van der Waals surface area contributed by atoms with Gasteiger partial charge in [0.25, 0.3) is 5.91 Å². The number of carbonyl (C=O) groups excluding carboxylic acids is 2. The molecule has 31 heavy (non-hydrogen) atoms. The van der Waals surface area contributed by atoms with Crippen LogP contribution in [0.15, 0.2) is 60.0 Å². The van der Waals surface area contributed by atoms with Gasteiger partial charge < -0.3 is 21.5 Å². The van der Waals surface area contributed by atoms with Crippen molar-refractivity contribution in [1.29, 1.82) is 0 Å². The maximum absolute atomic E-state index is 12.8. The smallest absolute Gasteiger partial charge is 0.405 e. The van der Waals surface area contributed by atoms with Crippen LogP contribution >= 0.6 is 11.3 Å². The number of benzene rings is 2. The summed E-state index contributed by atoms with van der Waals surface area (Å²) in [6, 6.07) is 17.4. The molecule has 0 spiro atoms. The lowest BCUT2D eigenvalue weighted by atomic mass is 10.1. The van der Waals surface area contributed by atoms with Crippen LogP contribution < -0.4 is 16.8 Å². The molecule has 0 aliphatic carbocycles. The number of hydrogen-bond acceptors (Lipinski definition) is 5. The molecule has 0 bridgehead atoms. The Kier molecular flexibility index (Phi) is 6.82. The molecule has 3 aromatic rings. The van der Waals surface area contributed by atoms with Crippen LogP contribution in [-0.4, -0.2) is 20.1 Å². The molecule has 3 rings (SSSR count). The molecule has 0 aliphatic rings. The van der Waals surface area contributed by atoms with Crippen molar-refractivity contribution in [2.24, 2.45) is 5.73 Å². The van der Waals surface area contributed by atoms with E-state index < -0.39 is 20.3 Å². The molecule has 1 aromatic heterocycles. The topological polar surface area (TPSA) is 107 Å². The van der Waals surface area contributed by atoms with E-state index in [1.54, 1.807) is 41.7 Å². The van der Waals surface area contributed by atoms with Gasteiger partial charge >= 0.3 is 6.09 Å². The largest absolute Gasteiger partial charge is 0.442 e. The van der Waals surface area contributed by atoms with E-state index in [1.807, 2.05) is 29.6 Å². The monoisotopic (exact) mass is 453 g/mol. The lowest BCUT2D eigenvalue weighted by Gasteiger charge is -2.24. The van der Waals surface area contributed by atoms with Crippen LogP contribution in [0.4, 0.5) is 16.2 Å². The van der Waals surface area contributed by atoms with Gasteiger partial charge in [-0.05, 0) is 52.9 Å². The van der Waals surface area contributed by atoms with Crippen LogP contribution in [0, 0.1) is 0 Å². The number of hydrogen-bond donors (Lipinski definition) is 3. The third kappa shape index (κ3) is 6.19. The van der Waals surface area contributed by atoms with Gasteiger partial charge in [-0.25, -0.2) is 4.79 Å². The summed E-state index contributed by atoms with van der Waals surface area (Å²) in [7, 11) is -1.52. The number of nitrogens with one attached hydrogen (secondary N) is 1. The van der Waals surface area contributed by atoms with E-state index >= 15 is 0 Å². The first kappa shape index (κ1) is 22.6. The van der Waals surface area contributed by atoms with Crippen molar-refractivity contribution in [2.75, 3.05) is 11.1 Å². The standard InChI is InChI=1S/C23H27N3O3SSi/c1-31(2,3)14-20(29-23(25)28)15-6-8-16(9-7-15)22(27)26-19-13-17(10-11-18(19)24)21-5-4-12-30-21/h4-13,20H,14,24H2,1-3H3,(H2,25,28)(H,26,27). The first-order valence-corrected chi connectivity index (χ1v) is 14.5. The minimum absolute atomic E-state index is 0.265. The van der Waals surface area contributed by atoms with E-state index in [0.29, 0.717) is 16.9 Å². The number of ether oxygens (including phenoxy) is 1. The Hall–Kier alpha value is -3.10. The Morgan fingerprint density at radius 2 is 1.81 bits per heavy atom. The summed E-state index contributed by atoms with van der Waals surface area (Å²) >= 11 is 1.62. The first-order valence-electron chi connectivity index (χ1n) is 9.93. The van der Waals surface area contributed by atoms with Crippen LogP contribution in [0.5, 0.6) is 0 Å². The Labute approximate surface area is 187 Å². The van der Waals surface area contributed by atoms with Gasteiger partial charge in [-0.3, -0.25) is 4.79 Å². The summed E-state index contributed by atoms with van der Waals surface area (Å²) in [5.74, 6) is -0.265. The second-order valence-electron chi connectivity index (χ2n) is 8.55. The molecule has 0 aliphatic heterocycles. The lowest BCUT2D eigenvalue weighted by molar-refractivity contribution is 0.102. The van der Waals surface area contributed by atoms with Gasteiger partial charge in [-0.2, -0.15) is 0 Å². The number of anilines is 2. The van der Waals surface area contributed by atoms with Crippen molar-refractivity contribution >= 4 is 42.8 Å². The zero-order chi connectivity index (χ0) is 22.6. The summed E-state index contributed by atoms with van der Waals surface area (Å²) in [4.78, 5) is 25.2. The molecule has 1 atom stereocenters. The number of nitrogens with two attached hydrogens (primary N) is 2. The second-order valence-corrected chi connectivity index (χ2v) is 15.0. The highest BCUT2D eigenvalue weighted by Gasteiger charge is 2.24. The van der Waals surface area contributed by atoms with Crippen LogP contribution in [0.2, 0.25) is 25.7 Å². The minimum Gasteiger partial charge on any atom is -0.442 e.